The van der Waals surface area contributed by atoms with Gasteiger partial charge in [0.15, 0.2) is 0 Å². The minimum Gasteiger partial charge on any atom is -0.383 e. The van der Waals surface area contributed by atoms with Crippen molar-refractivity contribution >= 4 is 5.91 Å². The Balaban J connectivity index is 1.90. The third kappa shape index (κ3) is 3.94. The van der Waals surface area contributed by atoms with E-state index in [1.165, 1.54) is 12.3 Å². The number of aromatic nitrogens is 3. The Bertz CT molecular complexity index is 867. The molecule has 2 heterocycles. The molecule has 0 aliphatic rings. The molecule has 0 aliphatic heterocycles. The number of ether oxygens (including phenoxy) is 1. The van der Waals surface area contributed by atoms with E-state index in [0.29, 0.717) is 36.5 Å². The average molecular weight is 354 g/mol. The van der Waals surface area contributed by atoms with Crippen molar-refractivity contribution in [3.8, 4) is 11.3 Å². The summed E-state index contributed by atoms with van der Waals surface area (Å²) in [6.45, 7) is 1.19. The zero-order chi connectivity index (χ0) is 18.4. The van der Waals surface area contributed by atoms with E-state index in [1.54, 1.807) is 42.6 Å². The molecule has 2 aromatic heterocycles. The predicted octanol–water partition coefficient (Wildman–Crippen LogP) is 2.90. The summed E-state index contributed by atoms with van der Waals surface area (Å²) < 4.78 is 19.3. The monoisotopic (exact) mass is 354 g/mol. The van der Waals surface area contributed by atoms with Crippen LogP contribution in [-0.4, -0.2) is 46.2 Å². The van der Waals surface area contributed by atoms with Crippen LogP contribution in [0.4, 0.5) is 4.39 Å². The second-order valence-corrected chi connectivity index (χ2v) is 5.71. The fraction of sp³-hybridized carbons (Fsp3) is 0.211. The van der Waals surface area contributed by atoms with Crippen LogP contribution in [0.15, 0.2) is 55.0 Å². The first-order valence-electron chi connectivity index (χ1n) is 8.16. The molecule has 6 nitrogen and oxygen atoms in total. The first kappa shape index (κ1) is 17.8. The van der Waals surface area contributed by atoms with Gasteiger partial charge in [-0.25, -0.2) is 4.39 Å². The zero-order valence-corrected chi connectivity index (χ0v) is 14.4. The van der Waals surface area contributed by atoms with Crippen LogP contribution in [0.25, 0.3) is 11.3 Å². The minimum atomic E-state index is -0.414. The van der Waals surface area contributed by atoms with E-state index < -0.39 is 5.82 Å². The van der Waals surface area contributed by atoms with Gasteiger partial charge >= 0.3 is 0 Å². The van der Waals surface area contributed by atoms with Gasteiger partial charge in [0, 0.05) is 38.2 Å². The zero-order valence-electron chi connectivity index (χ0n) is 14.4. The summed E-state index contributed by atoms with van der Waals surface area (Å²) in [5.74, 6) is -0.658. The molecule has 1 amide bonds. The van der Waals surface area contributed by atoms with Crippen LogP contribution in [0.5, 0.6) is 0 Å². The Kier molecular flexibility index (Phi) is 5.70. The normalized spacial score (nSPS) is 10.7. The molecule has 3 aromatic rings. The Morgan fingerprint density at radius 2 is 2.00 bits per heavy atom. The number of carbonyl (C=O) groups excluding carboxylic acids is 1. The number of carbonyl (C=O) groups is 1. The molecule has 0 spiro atoms. The van der Waals surface area contributed by atoms with Gasteiger partial charge in [-0.2, -0.15) is 5.10 Å². The standard InChI is InChI=1S/C19H19FN4O2/c1-26-11-10-24(13-14-6-8-21-9-7-14)19(25)16-12-22-23-18(16)15-4-2-3-5-17(15)20/h2-9,12H,10-11,13H2,1H3,(H,22,23). The molecule has 0 saturated carbocycles. The highest BCUT2D eigenvalue weighted by Crippen LogP contribution is 2.25. The Morgan fingerprint density at radius 1 is 1.23 bits per heavy atom. The van der Waals surface area contributed by atoms with E-state index in [1.807, 2.05) is 12.1 Å². The lowest BCUT2D eigenvalue weighted by Crippen LogP contribution is -2.33. The van der Waals surface area contributed by atoms with Crippen molar-refractivity contribution in [2.75, 3.05) is 20.3 Å². The van der Waals surface area contributed by atoms with Crippen molar-refractivity contribution in [3.05, 3.63) is 71.9 Å². The van der Waals surface area contributed by atoms with E-state index in [-0.39, 0.29) is 5.91 Å². The van der Waals surface area contributed by atoms with Crippen LogP contribution in [0.2, 0.25) is 0 Å². The molecule has 7 heteroatoms. The number of hydrogen-bond donors (Lipinski definition) is 1. The highest BCUT2D eigenvalue weighted by atomic mass is 19.1. The van der Waals surface area contributed by atoms with Gasteiger partial charge in [-0.1, -0.05) is 12.1 Å². The number of benzene rings is 1. The summed E-state index contributed by atoms with van der Waals surface area (Å²) in [5, 5.41) is 6.69. The predicted molar refractivity (Wildman–Crippen MR) is 94.8 cm³/mol. The van der Waals surface area contributed by atoms with Crippen LogP contribution >= 0.6 is 0 Å². The first-order chi connectivity index (χ1) is 12.7. The summed E-state index contributed by atoms with van der Waals surface area (Å²) in [4.78, 5) is 18.7. The molecule has 0 bridgehead atoms. The summed E-state index contributed by atoms with van der Waals surface area (Å²) >= 11 is 0. The van der Waals surface area contributed by atoms with Gasteiger partial charge in [0.05, 0.1) is 24.1 Å². The second-order valence-electron chi connectivity index (χ2n) is 5.71. The van der Waals surface area contributed by atoms with Gasteiger partial charge in [-0.15, -0.1) is 0 Å². The average Bonchev–Trinajstić information content (AvgIpc) is 3.15. The Labute approximate surface area is 150 Å². The van der Waals surface area contributed by atoms with Gasteiger partial charge in [-0.3, -0.25) is 14.9 Å². The molecule has 0 saturated heterocycles. The van der Waals surface area contributed by atoms with E-state index in [4.69, 9.17) is 4.74 Å². The van der Waals surface area contributed by atoms with Gasteiger partial charge in [0.2, 0.25) is 0 Å². The second kappa shape index (κ2) is 8.35. The summed E-state index contributed by atoms with van der Waals surface area (Å²) in [7, 11) is 1.58. The number of nitrogens with one attached hydrogen (secondary N) is 1. The minimum absolute atomic E-state index is 0.245. The largest absolute Gasteiger partial charge is 0.383 e. The third-order valence-electron chi connectivity index (χ3n) is 3.99. The molecular formula is C19H19FN4O2. The molecule has 134 valence electrons. The molecule has 0 unspecified atom stereocenters. The molecule has 26 heavy (non-hydrogen) atoms. The van der Waals surface area contributed by atoms with Crippen LogP contribution in [0.1, 0.15) is 15.9 Å². The maximum absolute atomic E-state index is 14.1. The molecule has 1 aromatic carbocycles. The molecular weight excluding hydrogens is 335 g/mol. The van der Waals surface area contributed by atoms with Crippen molar-refractivity contribution in [2.45, 2.75) is 6.54 Å². The van der Waals surface area contributed by atoms with Crippen LogP contribution in [-0.2, 0) is 11.3 Å². The highest BCUT2D eigenvalue weighted by Gasteiger charge is 2.22. The van der Waals surface area contributed by atoms with Gasteiger partial charge in [0.1, 0.15) is 5.82 Å². The maximum atomic E-state index is 14.1. The third-order valence-corrected chi connectivity index (χ3v) is 3.99. The van der Waals surface area contributed by atoms with Crippen molar-refractivity contribution in [2.24, 2.45) is 0 Å². The number of H-pyrrole nitrogens is 1. The fourth-order valence-corrected chi connectivity index (χ4v) is 2.65. The number of pyridine rings is 1. The summed E-state index contributed by atoms with van der Waals surface area (Å²) in [6.07, 6.45) is 4.78. The lowest BCUT2D eigenvalue weighted by Gasteiger charge is -2.22. The Hall–Kier alpha value is -3.06. The van der Waals surface area contributed by atoms with Crippen LogP contribution in [0.3, 0.4) is 0 Å². The molecule has 0 atom stereocenters. The topological polar surface area (TPSA) is 71.1 Å². The smallest absolute Gasteiger partial charge is 0.258 e. The number of hydrogen-bond acceptors (Lipinski definition) is 4. The van der Waals surface area contributed by atoms with Gasteiger partial charge in [-0.05, 0) is 29.8 Å². The first-order valence-corrected chi connectivity index (χ1v) is 8.16. The number of rotatable bonds is 7. The van der Waals surface area contributed by atoms with Crippen molar-refractivity contribution < 1.29 is 13.9 Å². The van der Waals surface area contributed by atoms with E-state index in [0.717, 1.165) is 5.56 Å². The fourth-order valence-electron chi connectivity index (χ4n) is 2.65. The molecule has 3 rings (SSSR count). The van der Waals surface area contributed by atoms with Crippen LogP contribution in [0, 0.1) is 5.82 Å². The quantitative estimate of drug-likeness (QED) is 0.708. The molecule has 0 aliphatic carbocycles. The molecule has 0 radical (unpaired) electrons. The summed E-state index contributed by atoms with van der Waals surface area (Å²) in [6, 6.07) is 9.98. The SMILES string of the molecule is COCCN(Cc1ccncc1)C(=O)c1cn[nH]c1-c1ccccc1F. The van der Waals surface area contributed by atoms with Gasteiger partial charge < -0.3 is 9.64 Å². The van der Waals surface area contributed by atoms with E-state index in [2.05, 4.69) is 15.2 Å². The summed E-state index contributed by atoms with van der Waals surface area (Å²) in [5.41, 5.74) is 1.94. The Morgan fingerprint density at radius 3 is 2.73 bits per heavy atom. The molecule has 0 fully saturated rings. The van der Waals surface area contributed by atoms with Crippen molar-refractivity contribution in [3.63, 3.8) is 0 Å². The number of aromatic amines is 1. The van der Waals surface area contributed by atoms with Gasteiger partial charge in [0.25, 0.3) is 5.91 Å². The number of nitrogens with zero attached hydrogens (tertiary/aromatic N) is 3. The van der Waals surface area contributed by atoms with E-state index in [9.17, 15) is 9.18 Å². The van der Waals surface area contributed by atoms with E-state index >= 15 is 0 Å². The number of methoxy groups -OCH3 is 1. The number of amides is 1. The maximum Gasteiger partial charge on any atom is 0.258 e. The lowest BCUT2D eigenvalue weighted by atomic mass is 10.1. The highest BCUT2D eigenvalue weighted by molar-refractivity contribution is 5.99. The molecule has 1 N–H and O–H groups in total. The van der Waals surface area contributed by atoms with Crippen molar-refractivity contribution in [1.82, 2.24) is 20.1 Å². The van der Waals surface area contributed by atoms with Crippen LogP contribution < -0.4 is 0 Å². The van der Waals surface area contributed by atoms with Crippen molar-refractivity contribution in [1.29, 1.82) is 0 Å². The lowest BCUT2D eigenvalue weighted by molar-refractivity contribution is 0.0681. The number of halogens is 1.